The van der Waals surface area contributed by atoms with E-state index in [9.17, 15) is 14.4 Å². The Hall–Kier alpha value is -3.36. The van der Waals surface area contributed by atoms with E-state index < -0.39 is 0 Å². The summed E-state index contributed by atoms with van der Waals surface area (Å²) in [4.78, 5) is 41.5. The molecule has 2 aliphatic rings. The van der Waals surface area contributed by atoms with Gasteiger partial charge in [-0.3, -0.25) is 14.4 Å². The van der Waals surface area contributed by atoms with Crippen molar-refractivity contribution in [3.05, 3.63) is 41.7 Å². The molecule has 2 saturated heterocycles. The van der Waals surface area contributed by atoms with Gasteiger partial charge in [0.2, 0.25) is 11.8 Å². The number of carbonyl (C=O) groups excluding carboxylic acids is 3. The number of hydrogen-bond acceptors (Lipinski definition) is 6. The van der Waals surface area contributed by atoms with Crippen LogP contribution in [0.1, 0.15) is 61.6 Å². The average Bonchev–Trinajstić information content (AvgIpc) is 3.46. The third-order valence-corrected chi connectivity index (χ3v) is 7.00. The van der Waals surface area contributed by atoms with Gasteiger partial charge in [-0.1, -0.05) is 5.16 Å². The molecule has 1 spiro atoms. The number of aromatic nitrogens is 1. The highest BCUT2D eigenvalue weighted by atomic mass is 16.5. The van der Waals surface area contributed by atoms with E-state index >= 15 is 0 Å². The Kier molecular flexibility index (Phi) is 7.73. The van der Waals surface area contributed by atoms with Crippen molar-refractivity contribution in [3.8, 4) is 5.75 Å². The maximum Gasteiger partial charge on any atom is 0.253 e. The van der Waals surface area contributed by atoms with Crippen LogP contribution in [0.4, 0.5) is 5.82 Å². The number of hydrogen-bond donors (Lipinski definition) is 1. The predicted octanol–water partition coefficient (Wildman–Crippen LogP) is 3.65. The highest BCUT2D eigenvalue weighted by Gasteiger charge is 2.42. The van der Waals surface area contributed by atoms with Crippen LogP contribution in [0, 0.1) is 12.3 Å². The summed E-state index contributed by atoms with van der Waals surface area (Å²) in [5.74, 6) is 1.77. The quantitative estimate of drug-likeness (QED) is 0.616. The van der Waals surface area contributed by atoms with Crippen LogP contribution in [0.15, 0.2) is 34.9 Å². The normalized spacial score (nSPS) is 17.0. The Labute approximate surface area is 205 Å². The smallest absolute Gasteiger partial charge is 0.253 e. The number of nitrogens with zero attached hydrogens (tertiary/aromatic N) is 3. The monoisotopic (exact) mass is 482 g/mol. The topological polar surface area (TPSA) is 105 Å². The lowest BCUT2D eigenvalue weighted by atomic mass is 9.77. The first-order chi connectivity index (χ1) is 16.9. The highest BCUT2D eigenvalue weighted by molar-refractivity contribution is 5.94. The minimum absolute atomic E-state index is 0.0490. The fourth-order valence-corrected chi connectivity index (χ4v) is 4.97. The molecule has 2 aliphatic heterocycles. The molecule has 35 heavy (non-hydrogen) atoms. The van der Waals surface area contributed by atoms with E-state index in [2.05, 4.69) is 10.5 Å². The van der Waals surface area contributed by atoms with Crippen LogP contribution in [0.2, 0.25) is 0 Å². The van der Waals surface area contributed by atoms with E-state index in [0.29, 0.717) is 49.7 Å². The predicted molar refractivity (Wildman–Crippen MR) is 130 cm³/mol. The second-order valence-corrected chi connectivity index (χ2v) is 9.54. The number of ether oxygens (including phenoxy) is 1. The maximum absolute atomic E-state index is 12.9. The Morgan fingerprint density at radius 1 is 1.06 bits per heavy atom. The molecule has 1 aromatic carbocycles. The number of carbonyl (C=O) groups is 3. The molecule has 0 aliphatic carbocycles. The van der Waals surface area contributed by atoms with Crippen molar-refractivity contribution in [1.82, 2.24) is 15.0 Å². The van der Waals surface area contributed by atoms with Crippen LogP contribution in [0.25, 0.3) is 0 Å². The molecule has 3 amide bonds. The van der Waals surface area contributed by atoms with E-state index in [0.717, 1.165) is 38.1 Å². The zero-order valence-electron chi connectivity index (χ0n) is 20.5. The van der Waals surface area contributed by atoms with Crippen molar-refractivity contribution in [2.45, 2.75) is 52.4 Å². The van der Waals surface area contributed by atoms with E-state index in [1.165, 1.54) is 0 Å². The zero-order valence-corrected chi connectivity index (χ0v) is 20.5. The van der Waals surface area contributed by atoms with Crippen molar-refractivity contribution < 1.29 is 23.6 Å². The molecule has 9 nitrogen and oxygen atoms in total. The summed E-state index contributed by atoms with van der Waals surface area (Å²) in [5, 5.41) is 6.42. The summed E-state index contributed by atoms with van der Waals surface area (Å²) in [6.07, 6.45) is 3.88. The lowest BCUT2D eigenvalue weighted by molar-refractivity contribution is -0.130. The molecule has 0 saturated carbocycles. The standard InChI is InChI=1S/C26H34N4O5/c1-3-34-21-9-7-20(8-10-21)25(33)29-14-11-26(12-15-29)13-16-30(18-26)24(32)6-4-5-23(31)27-22-17-19(2)35-28-22/h7-10,17H,3-6,11-16,18H2,1-2H3,(H,27,28,31). The van der Waals surface area contributed by atoms with Gasteiger partial charge >= 0.3 is 0 Å². The second kappa shape index (κ2) is 10.9. The van der Waals surface area contributed by atoms with E-state index in [1.54, 1.807) is 13.0 Å². The molecule has 0 bridgehead atoms. The zero-order chi connectivity index (χ0) is 24.8. The largest absolute Gasteiger partial charge is 0.494 e. The van der Waals surface area contributed by atoms with Crippen molar-refractivity contribution in [3.63, 3.8) is 0 Å². The van der Waals surface area contributed by atoms with Crippen molar-refractivity contribution in [1.29, 1.82) is 0 Å². The molecule has 2 aromatic rings. The summed E-state index contributed by atoms with van der Waals surface area (Å²) in [6.45, 7) is 7.18. The number of likely N-dealkylation sites (tertiary alicyclic amines) is 2. The van der Waals surface area contributed by atoms with Gasteiger partial charge in [0.15, 0.2) is 5.82 Å². The van der Waals surface area contributed by atoms with E-state index in [-0.39, 0.29) is 29.6 Å². The van der Waals surface area contributed by atoms with Crippen LogP contribution in [0.5, 0.6) is 5.75 Å². The van der Waals surface area contributed by atoms with Gasteiger partial charge in [-0.05, 0) is 69.2 Å². The van der Waals surface area contributed by atoms with Gasteiger partial charge in [0.25, 0.3) is 5.91 Å². The average molecular weight is 483 g/mol. The summed E-state index contributed by atoms with van der Waals surface area (Å²) in [6, 6.07) is 8.97. The Morgan fingerprint density at radius 2 is 1.74 bits per heavy atom. The molecular formula is C26H34N4O5. The van der Waals surface area contributed by atoms with Gasteiger partial charge in [0.1, 0.15) is 11.5 Å². The molecule has 0 radical (unpaired) electrons. The fourth-order valence-electron chi connectivity index (χ4n) is 4.97. The van der Waals surface area contributed by atoms with Crippen LogP contribution in [-0.4, -0.2) is 65.5 Å². The summed E-state index contributed by atoms with van der Waals surface area (Å²) >= 11 is 0. The van der Waals surface area contributed by atoms with Gasteiger partial charge in [-0.15, -0.1) is 0 Å². The Balaban J connectivity index is 1.19. The van der Waals surface area contributed by atoms with Crippen LogP contribution in [0.3, 0.4) is 0 Å². The number of nitrogens with one attached hydrogen (secondary N) is 1. The van der Waals surface area contributed by atoms with Gasteiger partial charge < -0.3 is 24.4 Å². The highest BCUT2D eigenvalue weighted by Crippen LogP contribution is 2.41. The lowest BCUT2D eigenvalue weighted by Crippen LogP contribution is -2.44. The minimum Gasteiger partial charge on any atom is -0.494 e. The fraction of sp³-hybridized carbons (Fsp3) is 0.538. The van der Waals surface area contributed by atoms with Gasteiger partial charge in [0.05, 0.1) is 6.61 Å². The number of rotatable bonds is 8. The molecule has 4 rings (SSSR count). The number of piperidine rings is 1. The van der Waals surface area contributed by atoms with E-state index in [4.69, 9.17) is 9.26 Å². The molecular weight excluding hydrogens is 448 g/mol. The molecule has 1 N–H and O–H groups in total. The van der Waals surface area contributed by atoms with E-state index in [1.807, 2.05) is 41.0 Å². The van der Waals surface area contributed by atoms with Gasteiger partial charge in [-0.25, -0.2) is 0 Å². The number of anilines is 1. The molecule has 3 heterocycles. The SMILES string of the molecule is CCOc1ccc(C(=O)N2CCC3(CCN(C(=O)CCCC(=O)Nc4cc(C)on4)C3)CC2)cc1. The van der Waals surface area contributed by atoms with Gasteiger partial charge in [0, 0.05) is 50.7 Å². The van der Waals surface area contributed by atoms with Crippen LogP contribution in [-0.2, 0) is 9.59 Å². The third-order valence-electron chi connectivity index (χ3n) is 7.00. The molecule has 0 atom stereocenters. The van der Waals surface area contributed by atoms with Crippen LogP contribution >= 0.6 is 0 Å². The molecule has 0 unspecified atom stereocenters. The van der Waals surface area contributed by atoms with Crippen molar-refractivity contribution >= 4 is 23.5 Å². The molecule has 2 fully saturated rings. The maximum atomic E-state index is 12.9. The number of benzene rings is 1. The first-order valence-corrected chi connectivity index (χ1v) is 12.4. The summed E-state index contributed by atoms with van der Waals surface area (Å²) in [5.41, 5.74) is 0.767. The number of amides is 3. The van der Waals surface area contributed by atoms with Crippen molar-refractivity contribution in [2.24, 2.45) is 5.41 Å². The second-order valence-electron chi connectivity index (χ2n) is 9.54. The first-order valence-electron chi connectivity index (χ1n) is 12.4. The van der Waals surface area contributed by atoms with Crippen LogP contribution < -0.4 is 10.1 Å². The number of aryl methyl sites for hydroxylation is 1. The Bertz CT molecular complexity index is 1040. The summed E-state index contributed by atoms with van der Waals surface area (Å²) < 4.78 is 10.4. The molecule has 188 valence electrons. The third kappa shape index (κ3) is 6.21. The molecule has 1 aromatic heterocycles. The van der Waals surface area contributed by atoms with Crippen molar-refractivity contribution in [2.75, 3.05) is 38.1 Å². The van der Waals surface area contributed by atoms with Gasteiger partial charge in [-0.2, -0.15) is 0 Å². The molecule has 9 heteroatoms. The minimum atomic E-state index is -0.173. The lowest BCUT2D eigenvalue weighted by Gasteiger charge is -2.39. The Morgan fingerprint density at radius 3 is 2.37 bits per heavy atom. The first kappa shape index (κ1) is 24.8. The summed E-state index contributed by atoms with van der Waals surface area (Å²) in [7, 11) is 0.